The number of rotatable bonds is 4. The maximum absolute atomic E-state index is 11.4. The highest BCUT2D eigenvalue weighted by atomic mass is 16.2. The summed E-state index contributed by atoms with van der Waals surface area (Å²) in [5.41, 5.74) is 2.15. The van der Waals surface area contributed by atoms with Gasteiger partial charge >= 0.3 is 6.03 Å². The number of ketones is 1. The topological polar surface area (TPSA) is 58.2 Å². The highest BCUT2D eigenvalue weighted by Gasteiger charge is 2.02. The minimum absolute atomic E-state index is 0.00304. The van der Waals surface area contributed by atoms with E-state index in [0.29, 0.717) is 17.8 Å². The van der Waals surface area contributed by atoms with E-state index < -0.39 is 0 Å². The van der Waals surface area contributed by atoms with E-state index in [0.717, 1.165) is 5.57 Å². The summed E-state index contributed by atoms with van der Waals surface area (Å²) >= 11 is 0. The Morgan fingerprint density at radius 1 is 1.18 bits per heavy atom. The largest absolute Gasteiger partial charge is 0.334 e. The Morgan fingerprint density at radius 3 is 2.24 bits per heavy atom. The number of amides is 2. The molecule has 0 spiro atoms. The zero-order chi connectivity index (χ0) is 12.8. The summed E-state index contributed by atoms with van der Waals surface area (Å²) in [5, 5.41) is 5.31. The molecule has 0 aromatic heterocycles. The van der Waals surface area contributed by atoms with Crippen LogP contribution in [0.2, 0.25) is 0 Å². The van der Waals surface area contributed by atoms with Gasteiger partial charge < -0.3 is 10.6 Å². The van der Waals surface area contributed by atoms with E-state index in [4.69, 9.17) is 0 Å². The fourth-order valence-electron chi connectivity index (χ4n) is 1.19. The van der Waals surface area contributed by atoms with Crippen LogP contribution in [-0.2, 0) is 0 Å². The lowest BCUT2D eigenvalue weighted by molar-refractivity contribution is 0.101. The predicted molar refractivity (Wildman–Crippen MR) is 68.3 cm³/mol. The number of hydrogen-bond acceptors (Lipinski definition) is 2. The Hall–Kier alpha value is -2.10. The quantitative estimate of drug-likeness (QED) is 0.619. The first-order valence-electron chi connectivity index (χ1n) is 5.29. The van der Waals surface area contributed by atoms with Crippen LogP contribution in [0.15, 0.2) is 36.4 Å². The van der Waals surface area contributed by atoms with E-state index >= 15 is 0 Å². The molecule has 0 aliphatic carbocycles. The first-order valence-corrected chi connectivity index (χ1v) is 5.29. The van der Waals surface area contributed by atoms with Gasteiger partial charge in [-0.25, -0.2) is 4.79 Å². The average Bonchev–Trinajstić information content (AvgIpc) is 2.27. The second kappa shape index (κ2) is 5.84. The van der Waals surface area contributed by atoms with E-state index in [9.17, 15) is 9.59 Å². The van der Waals surface area contributed by atoms with E-state index in [1.165, 1.54) is 6.92 Å². The molecule has 1 rings (SSSR count). The molecule has 0 aliphatic rings. The minimum atomic E-state index is -0.288. The van der Waals surface area contributed by atoms with Crippen molar-refractivity contribution < 1.29 is 9.59 Å². The van der Waals surface area contributed by atoms with Crippen LogP contribution in [0.3, 0.4) is 0 Å². The number of urea groups is 1. The summed E-state index contributed by atoms with van der Waals surface area (Å²) in [6, 6.07) is 6.45. The fraction of sp³-hybridized carbons (Fsp3) is 0.231. The lowest BCUT2D eigenvalue weighted by Gasteiger charge is -2.07. The smallest absolute Gasteiger partial charge is 0.319 e. The maximum atomic E-state index is 11.4. The molecule has 0 aliphatic heterocycles. The van der Waals surface area contributed by atoms with Crippen LogP contribution in [0.1, 0.15) is 24.2 Å². The lowest BCUT2D eigenvalue weighted by Crippen LogP contribution is -2.29. The van der Waals surface area contributed by atoms with E-state index in [-0.39, 0.29) is 11.8 Å². The Balaban J connectivity index is 2.54. The van der Waals surface area contributed by atoms with Gasteiger partial charge in [-0.15, -0.1) is 0 Å². The van der Waals surface area contributed by atoms with Gasteiger partial charge in [0.2, 0.25) is 0 Å². The third-order valence-electron chi connectivity index (χ3n) is 2.10. The van der Waals surface area contributed by atoms with Crippen molar-refractivity contribution in [1.82, 2.24) is 5.32 Å². The van der Waals surface area contributed by atoms with E-state index in [1.54, 1.807) is 24.3 Å². The summed E-state index contributed by atoms with van der Waals surface area (Å²) in [6.45, 7) is 7.46. The first-order chi connectivity index (χ1) is 7.99. The zero-order valence-electron chi connectivity index (χ0n) is 10.0. The zero-order valence-corrected chi connectivity index (χ0v) is 10.0. The number of nitrogens with one attached hydrogen (secondary N) is 2. The van der Waals surface area contributed by atoms with Gasteiger partial charge in [-0.05, 0) is 38.1 Å². The van der Waals surface area contributed by atoms with Gasteiger partial charge in [-0.3, -0.25) is 4.79 Å². The van der Waals surface area contributed by atoms with Crippen LogP contribution >= 0.6 is 0 Å². The van der Waals surface area contributed by atoms with Crippen LogP contribution in [0, 0.1) is 0 Å². The summed E-state index contributed by atoms with van der Waals surface area (Å²) in [5.74, 6) is 0.00304. The molecule has 17 heavy (non-hydrogen) atoms. The van der Waals surface area contributed by atoms with Crippen molar-refractivity contribution in [3.8, 4) is 0 Å². The second-order valence-corrected chi connectivity index (χ2v) is 3.90. The van der Waals surface area contributed by atoms with E-state index in [2.05, 4.69) is 17.2 Å². The third-order valence-corrected chi connectivity index (χ3v) is 2.10. The van der Waals surface area contributed by atoms with Crippen LogP contribution in [0.4, 0.5) is 10.5 Å². The highest BCUT2D eigenvalue weighted by molar-refractivity contribution is 5.95. The van der Waals surface area contributed by atoms with Gasteiger partial charge in [-0.2, -0.15) is 0 Å². The SMILES string of the molecule is C=C(C)CNC(=O)Nc1ccc(C(C)=O)cc1. The molecule has 2 N–H and O–H groups in total. The van der Waals surface area contributed by atoms with Crippen LogP contribution in [0.5, 0.6) is 0 Å². The van der Waals surface area contributed by atoms with Gasteiger partial charge in [-0.1, -0.05) is 12.2 Å². The number of benzene rings is 1. The number of hydrogen-bond donors (Lipinski definition) is 2. The van der Waals surface area contributed by atoms with Crippen LogP contribution < -0.4 is 10.6 Å². The van der Waals surface area contributed by atoms with Gasteiger partial charge in [0.05, 0.1) is 0 Å². The van der Waals surface area contributed by atoms with Crippen LogP contribution in [0.25, 0.3) is 0 Å². The lowest BCUT2D eigenvalue weighted by atomic mass is 10.1. The molecular weight excluding hydrogens is 216 g/mol. The summed E-state index contributed by atoms with van der Waals surface area (Å²) in [7, 11) is 0. The van der Waals surface area contributed by atoms with Crippen molar-refractivity contribution in [2.24, 2.45) is 0 Å². The molecule has 1 aromatic carbocycles. The summed E-state index contributed by atoms with van der Waals surface area (Å²) < 4.78 is 0. The molecule has 2 amide bonds. The maximum Gasteiger partial charge on any atom is 0.319 e. The van der Waals surface area contributed by atoms with Gasteiger partial charge in [0.25, 0.3) is 0 Å². The first kappa shape index (κ1) is 13.0. The Morgan fingerprint density at radius 2 is 1.76 bits per heavy atom. The molecule has 0 atom stereocenters. The van der Waals surface area contributed by atoms with Crippen molar-refractivity contribution in [3.63, 3.8) is 0 Å². The molecule has 1 aromatic rings. The van der Waals surface area contributed by atoms with Crippen molar-refractivity contribution in [2.75, 3.05) is 11.9 Å². The second-order valence-electron chi connectivity index (χ2n) is 3.90. The molecule has 0 saturated carbocycles. The minimum Gasteiger partial charge on any atom is -0.334 e. The molecule has 4 heteroatoms. The molecular formula is C13H16N2O2. The molecule has 0 heterocycles. The number of carbonyl (C=O) groups excluding carboxylic acids is 2. The normalized spacial score (nSPS) is 9.53. The van der Waals surface area contributed by atoms with Gasteiger partial charge in [0.1, 0.15) is 0 Å². The van der Waals surface area contributed by atoms with Crippen molar-refractivity contribution in [3.05, 3.63) is 42.0 Å². The number of anilines is 1. The average molecular weight is 232 g/mol. The monoisotopic (exact) mass is 232 g/mol. The van der Waals surface area contributed by atoms with Crippen molar-refractivity contribution in [1.29, 1.82) is 0 Å². The Labute approximate surface area is 101 Å². The highest BCUT2D eigenvalue weighted by Crippen LogP contribution is 2.09. The van der Waals surface area contributed by atoms with Crippen molar-refractivity contribution >= 4 is 17.5 Å². The molecule has 0 saturated heterocycles. The number of carbonyl (C=O) groups is 2. The third kappa shape index (κ3) is 4.51. The number of Topliss-reactive ketones (excluding diaryl/α,β-unsaturated/α-hetero) is 1. The molecule has 0 bridgehead atoms. The molecule has 4 nitrogen and oxygen atoms in total. The molecule has 0 radical (unpaired) electrons. The van der Waals surface area contributed by atoms with Gasteiger partial charge in [0, 0.05) is 17.8 Å². The summed E-state index contributed by atoms with van der Waals surface area (Å²) in [4.78, 5) is 22.5. The fourth-order valence-corrected chi connectivity index (χ4v) is 1.19. The van der Waals surface area contributed by atoms with Crippen molar-refractivity contribution in [2.45, 2.75) is 13.8 Å². The van der Waals surface area contributed by atoms with Gasteiger partial charge in [0.15, 0.2) is 5.78 Å². The molecule has 90 valence electrons. The standard InChI is InChI=1S/C13H16N2O2/c1-9(2)8-14-13(17)15-12-6-4-11(5-7-12)10(3)16/h4-7H,1,8H2,2-3H3,(H2,14,15,17). The molecule has 0 unspecified atom stereocenters. The predicted octanol–water partition coefficient (Wildman–Crippen LogP) is 2.59. The Bertz CT molecular complexity index is 435. The Kier molecular flexibility index (Phi) is 4.46. The summed E-state index contributed by atoms with van der Waals surface area (Å²) in [6.07, 6.45) is 0. The molecule has 0 fully saturated rings. The van der Waals surface area contributed by atoms with E-state index in [1.807, 2.05) is 6.92 Å². The van der Waals surface area contributed by atoms with Crippen LogP contribution in [-0.4, -0.2) is 18.4 Å².